The number of furan rings is 1. The summed E-state index contributed by atoms with van der Waals surface area (Å²) in [5.41, 5.74) is 1.57. The van der Waals surface area contributed by atoms with E-state index in [4.69, 9.17) is 4.42 Å². The molecule has 144 valence electrons. The van der Waals surface area contributed by atoms with Gasteiger partial charge in [0.05, 0.1) is 18.8 Å². The Morgan fingerprint density at radius 3 is 2.63 bits per heavy atom. The molecule has 0 radical (unpaired) electrons. The third-order valence-electron chi connectivity index (χ3n) is 4.89. The molecule has 1 fully saturated rings. The van der Waals surface area contributed by atoms with E-state index in [1.54, 1.807) is 18.4 Å². The third-order valence-corrected chi connectivity index (χ3v) is 4.89. The largest absolute Gasteiger partial charge is 0.468 e. The standard InChI is InChI=1S/C21H27N3O3/c1-16-7-5-8-17(13-16)21(26)23-15-20(25)22-14-18(19-9-6-12-27-19)24-10-3-2-4-11-24/h5-9,12-13,18H,2-4,10-11,14-15H2,1H3,(H,22,25)(H,23,26)/t18-/m0/s1. The van der Waals surface area contributed by atoms with Crippen molar-refractivity contribution in [2.45, 2.75) is 32.2 Å². The number of piperidine rings is 1. The molecule has 6 nitrogen and oxygen atoms in total. The van der Waals surface area contributed by atoms with E-state index >= 15 is 0 Å². The Kier molecular flexibility index (Phi) is 6.65. The molecule has 3 rings (SSSR count). The highest BCUT2D eigenvalue weighted by Crippen LogP contribution is 2.24. The summed E-state index contributed by atoms with van der Waals surface area (Å²) in [4.78, 5) is 26.7. The quantitative estimate of drug-likeness (QED) is 0.787. The zero-order valence-corrected chi connectivity index (χ0v) is 15.7. The van der Waals surface area contributed by atoms with Crippen LogP contribution in [0.5, 0.6) is 0 Å². The minimum absolute atomic E-state index is 0.0247. The van der Waals surface area contributed by atoms with Crippen LogP contribution in [0, 0.1) is 6.92 Å². The van der Waals surface area contributed by atoms with Crippen molar-refractivity contribution in [3.8, 4) is 0 Å². The van der Waals surface area contributed by atoms with Crippen LogP contribution in [0.2, 0.25) is 0 Å². The first-order valence-corrected chi connectivity index (χ1v) is 9.52. The van der Waals surface area contributed by atoms with Crippen molar-refractivity contribution >= 4 is 11.8 Å². The smallest absolute Gasteiger partial charge is 0.251 e. The van der Waals surface area contributed by atoms with Crippen molar-refractivity contribution in [1.29, 1.82) is 0 Å². The molecule has 1 atom stereocenters. The number of nitrogens with one attached hydrogen (secondary N) is 2. The molecule has 0 unspecified atom stereocenters. The highest BCUT2D eigenvalue weighted by atomic mass is 16.3. The third kappa shape index (κ3) is 5.44. The summed E-state index contributed by atoms with van der Waals surface area (Å²) in [7, 11) is 0. The molecule has 1 aromatic carbocycles. The Balaban J connectivity index is 1.51. The molecule has 27 heavy (non-hydrogen) atoms. The maximum Gasteiger partial charge on any atom is 0.251 e. The van der Waals surface area contributed by atoms with Crippen LogP contribution in [-0.2, 0) is 4.79 Å². The van der Waals surface area contributed by atoms with Crippen LogP contribution in [0.4, 0.5) is 0 Å². The lowest BCUT2D eigenvalue weighted by molar-refractivity contribution is -0.120. The van der Waals surface area contributed by atoms with E-state index in [0.29, 0.717) is 12.1 Å². The molecule has 2 heterocycles. The van der Waals surface area contributed by atoms with E-state index in [1.807, 2.05) is 31.2 Å². The summed E-state index contributed by atoms with van der Waals surface area (Å²) >= 11 is 0. The molecule has 1 saturated heterocycles. The normalized spacial score (nSPS) is 15.9. The molecule has 0 bridgehead atoms. The monoisotopic (exact) mass is 369 g/mol. The van der Waals surface area contributed by atoms with Crippen LogP contribution in [-0.4, -0.2) is 42.9 Å². The first-order valence-electron chi connectivity index (χ1n) is 9.52. The van der Waals surface area contributed by atoms with Gasteiger partial charge in [-0.2, -0.15) is 0 Å². The van der Waals surface area contributed by atoms with Crippen LogP contribution in [0.25, 0.3) is 0 Å². The Morgan fingerprint density at radius 2 is 1.93 bits per heavy atom. The SMILES string of the molecule is Cc1cccc(C(=O)NCC(=O)NC[C@@H](c2ccco2)N2CCCCC2)c1. The second-order valence-electron chi connectivity index (χ2n) is 6.98. The second kappa shape index (κ2) is 9.37. The van der Waals surface area contributed by atoms with Gasteiger partial charge in [-0.3, -0.25) is 14.5 Å². The van der Waals surface area contributed by atoms with Gasteiger partial charge in [-0.05, 0) is 57.1 Å². The van der Waals surface area contributed by atoms with Crippen LogP contribution in [0.1, 0.15) is 47.0 Å². The van der Waals surface area contributed by atoms with Gasteiger partial charge in [-0.15, -0.1) is 0 Å². The van der Waals surface area contributed by atoms with E-state index in [2.05, 4.69) is 15.5 Å². The Labute approximate surface area is 159 Å². The van der Waals surface area contributed by atoms with Crippen molar-refractivity contribution in [3.05, 3.63) is 59.5 Å². The second-order valence-corrected chi connectivity index (χ2v) is 6.98. The average Bonchev–Trinajstić information content (AvgIpc) is 3.21. The Bertz CT molecular complexity index is 752. The molecular weight excluding hydrogens is 342 g/mol. The summed E-state index contributed by atoms with van der Waals surface area (Å²) in [6.07, 6.45) is 5.24. The minimum atomic E-state index is -0.243. The molecule has 0 saturated carbocycles. The van der Waals surface area contributed by atoms with Gasteiger partial charge in [-0.1, -0.05) is 24.1 Å². The summed E-state index contributed by atoms with van der Waals surface area (Å²) in [6.45, 7) is 4.36. The van der Waals surface area contributed by atoms with Crippen molar-refractivity contribution < 1.29 is 14.0 Å². The lowest BCUT2D eigenvalue weighted by Gasteiger charge is -2.33. The predicted octanol–water partition coefficient (Wildman–Crippen LogP) is 2.66. The van der Waals surface area contributed by atoms with Crippen molar-refractivity contribution in [3.63, 3.8) is 0 Å². The van der Waals surface area contributed by atoms with E-state index in [1.165, 1.54) is 6.42 Å². The van der Waals surface area contributed by atoms with Crippen LogP contribution >= 0.6 is 0 Å². The Morgan fingerprint density at radius 1 is 1.11 bits per heavy atom. The van der Waals surface area contributed by atoms with E-state index < -0.39 is 0 Å². The van der Waals surface area contributed by atoms with Gasteiger partial charge < -0.3 is 15.1 Å². The molecule has 1 aliphatic heterocycles. The number of likely N-dealkylation sites (tertiary alicyclic amines) is 1. The van der Waals surface area contributed by atoms with E-state index in [-0.39, 0.29) is 24.4 Å². The summed E-state index contributed by atoms with van der Waals surface area (Å²) in [5.74, 6) is 0.415. The number of aryl methyl sites for hydroxylation is 1. The van der Waals surface area contributed by atoms with Crippen LogP contribution in [0.3, 0.4) is 0 Å². The molecule has 1 aliphatic rings. The van der Waals surface area contributed by atoms with E-state index in [9.17, 15) is 9.59 Å². The number of hydrogen-bond donors (Lipinski definition) is 2. The summed E-state index contributed by atoms with van der Waals surface area (Å²) in [6, 6.07) is 11.1. The lowest BCUT2D eigenvalue weighted by Crippen LogP contribution is -2.43. The van der Waals surface area contributed by atoms with Crippen LogP contribution < -0.4 is 10.6 Å². The number of benzene rings is 1. The van der Waals surface area contributed by atoms with Gasteiger partial charge >= 0.3 is 0 Å². The van der Waals surface area contributed by atoms with Crippen molar-refractivity contribution in [1.82, 2.24) is 15.5 Å². The summed E-state index contributed by atoms with van der Waals surface area (Å²) in [5, 5.41) is 5.61. The zero-order valence-electron chi connectivity index (χ0n) is 15.7. The maximum absolute atomic E-state index is 12.2. The molecule has 2 amide bonds. The molecule has 0 spiro atoms. The lowest BCUT2D eigenvalue weighted by atomic mass is 10.1. The number of nitrogens with zero attached hydrogens (tertiary/aromatic N) is 1. The first kappa shape index (κ1) is 19.2. The fourth-order valence-corrected chi connectivity index (χ4v) is 3.44. The highest BCUT2D eigenvalue weighted by Gasteiger charge is 2.24. The Hall–Kier alpha value is -2.60. The molecule has 6 heteroatoms. The number of amides is 2. The van der Waals surface area contributed by atoms with Gasteiger partial charge in [0.25, 0.3) is 5.91 Å². The molecule has 2 N–H and O–H groups in total. The molecular formula is C21H27N3O3. The van der Waals surface area contributed by atoms with Gasteiger partial charge in [-0.25, -0.2) is 0 Å². The topological polar surface area (TPSA) is 74.6 Å². The number of carbonyl (C=O) groups excluding carboxylic acids is 2. The fourth-order valence-electron chi connectivity index (χ4n) is 3.44. The average molecular weight is 369 g/mol. The molecule has 0 aliphatic carbocycles. The highest BCUT2D eigenvalue weighted by molar-refractivity contribution is 5.96. The van der Waals surface area contributed by atoms with Crippen molar-refractivity contribution in [2.75, 3.05) is 26.2 Å². The zero-order chi connectivity index (χ0) is 19.1. The fraction of sp³-hybridized carbons (Fsp3) is 0.429. The van der Waals surface area contributed by atoms with Gasteiger partial charge in [0.2, 0.25) is 5.91 Å². The number of carbonyl (C=O) groups is 2. The van der Waals surface area contributed by atoms with Gasteiger partial charge in [0, 0.05) is 12.1 Å². The van der Waals surface area contributed by atoms with Gasteiger partial charge in [0.1, 0.15) is 5.76 Å². The maximum atomic E-state index is 12.2. The summed E-state index contributed by atoms with van der Waals surface area (Å²) < 4.78 is 5.59. The number of rotatable bonds is 7. The van der Waals surface area contributed by atoms with E-state index in [0.717, 1.165) is 37.3 Å². The minimum Gasteiger partial charge on any atom is -0.468 e. The predicted molar refractivity (Wildman–Crippen MR) is 103 cm³/mol. The first-order chi connectivity index (χ1) is 13.1. The molecule has 2 aromatic rings. The van der Waals surface area contributed by atoms with Crippen molar-refractivity contribution in [2.24, 2.45) is 0 Å². The van der Waals surface area contributed by atoms with Crippen LogP contribution in [0.15, 0.2) is 47.1 Å². The number of hydrogen-bond acceptors (Lipinski definition) is 4. The van der Waals surface area contributed by atoms with Gasteiger partial charge in [0.15, 0.2) is 0 Å². The molecule has 1 aromatic heterocycles.